The predicted molar refractivity (Wildman–Crippen MR) is 68.8 cm³/mol. The van der Waals surface area contributed by atoms with Crippen molar-refractivity contribution in [2.75, 3.05) is 23.8 Å². The van der Waals surface area contributed by atoms with Gasteiger partial charge in [0.2, 0.25) is 5.91 Å². The third kappa shape index (κ3) is 4.19. The number of thioether (sulfide) groups is 1. The van der Waals surface area contributed by atoms with Crippen LogP contribution in [0.2, 0.25) is 0 Å². The monoisotopic (exact) mass is 279 g/mol. The normalized spacial score (nSPS) is 22.3. The molecule has 1 rings (SSSR count). The number of hydrogen-bond acceptors (Lipinski definition) is 5. The third-order valence-corrected chi connectivity index (χ3v) is 5.11. The molecule has 1 fully saturated rings. The fraction of sp³-hybridized carbons (Fsp3) is 0.778. The Morgan fingerprint density at radius 3 is 2.65 bits per heavy atom. The number of hydrogen-bond donors (Lipinski definition) is 2. The van der Waals surface area contributed by atoms with E-state index in [-0.39, 0.29) is 34.4 Å². The van der Waals surface area contributed by atoms with Gasteiger partial charge in [-0.1, -0.05) is 11.8 Å². The lowest BCUT2D eigenvalue weighted by Gasteiger charge is -2.26. The SMILES string of the molecule is CCN(C(=O)CSC(=N)N)C1CCS(=O)(=O)C1. The van der Waals surface area contributed by atoms with Gasteiger partial charge in [-0.05, 0) is 13.3 Å². The van der Waals surface area contributed by atoms with Crippen LogP contribution in [0.3, 0.4) is 0 Å². The van der Waals surface area contributed by atoms with Gasteiger partial charge in [0.05, 0.1) is 17.3 Å². The van der Waals surface area contributed by atoms with Gasteiger partial charge in [0.1, 0.15) is 0 Å². The lowest BCUT2D eigenvalue weighted by molar-refractivity contribution is -0.129. The van der Waals surface area contributed by atoms with Crippen molar-refractivity contribution < 1.29 is 13.2 Å². The Balaban J connectivity index is 2.59. The van der Waals surface area contributed by atoms with E-state index < -0.39 is 9.84 Å². The van der Waals surface area contributed by atoms with Gasteiger partial charge in [-0.15, -0.1) is 0 Å². The first kappa shape index (κ1) is 14.3. The van der Waals surface area contributed by atoms with Crippen LogP contribution >= 0.6 is 11.8 Å². The quantitative estimate of drug-likeness (QED) is 0.540. The highest BCUT2D eigenvalue weighted by atomic mass is 32.2. The Morgan fingerprint density at radius 1 is 1.59 bits per heavy atom. The van der Waals surface area contributed by atoms with Crippen LogP contribution in [0.5, 0.6) is 0 Å². The molecule has 0 radical (unpaired) electrons. The second kappa shape index (κ2) is 5.72. The summed E-state index contributed by atoms with van der Waals surface area (Å²) in [5, 5.41) is 6.93. The zero-order chi connectivity index (χ0) is 13.1. The van der Waals surface area contributed by atoms with Crippen molar-refractivity contribution >= 4 is 32.7 Å². The van der Waals surface area contributed by atoms with E-state index >= 15 is 0 Å². The van der Waals surface area contributed by atoms with Crippen LogP contribution < -0.4 is 5.73 Å². The van der Waals surface area contributed by atoms with Crippen molar-refractivity contribution in [1.29, 1.82) is 5.41 Å². The van der Waals surface area contributed by atoms with Crippen molar-refractivity contribution in [1.82, 2.24) is 4.90 Å². The first-order valence-corrected chi connectivity index (χ1v) is 8.13. The molecule has 17 heavy (non-hydrogen) atoms. The zero-order valence-electron chi connectivity index (χ0n) is 9.68. The Morgan fingerprint density at radius 2 is 2.24 bits per heavy atom. The average Bonchev–Trinajstić information content (AvgIpc) is 2.57. The highest BCUT2D eigenvalue weighted by Crippen LogP contribution is 2.18. The van der Waals surface area contributed by atoms with E-state index in [4.69, 9.17) is 11.1 Å². The summed E-state index contributed by atoms with van der Waals surface area (Å²) in [6.07, 6.45) is 0.507. The largest absolute Gasteiger partial charge is 0.379 e. The average molecular weight is 279 g/mol. The Kier molecular flexibility index (Phi) is 4.81. The maximum Gasteiger partial charge on any atom is 0.233 e. The van der Waals surface area contributed by atoms with Gasteiger partial charge < -0.3 is 10.6 Å². The maximum atomic E-state index is 11.8. The van der Waals surface area contributed by atoms with Crippen molar-refractivity contribution in [2.24, 2.45) is 5.73 Å². The zero-order valence-corrected chi connectivity index (χ0v) is 11.3. The van der Waals surface area contributed by atoms with Crippen LogP contribution in [0.15, 0.2) is 0 Å². The third-order valence-electron chi connectivity index (χ3n) is 2.66. The van der Waals surface area contributed by atoms with Gasteiger partial charge in [-0.3, -0.25) is 10.2 Å². The Labute approximate surface area is 105 Å². The maximum absolute atomic E-state index is 11.8. The molecule has 0 aromatic rings. The summed E-state index contributed by atoms with van der Waals surface area (Å²) in [7, 11) is -2.98. The van der Waals surface area contributed by atoms with E-state index in [1.807, 2.05) is 6.92 Å². The molecule has 1 saturated heterocycles. The highest BCUT2D eigenvalue weighted by Gasteiger charge is 2.33. The second-order valence-electron chi connectivity index (χ2n) is 3.89. The molecule has 0 saturated carbocycles. The molecule has 0 spiro atoms. The van der Waals surface area contributed by atoms with Gasteiger partial charge in [-0.25, -0.2) is 8.42 Å². The Hall–Kier alpha value is -0.760. The van der Waals surface area contributed by atoms with Gasteiger partial charge in [0, 0.05) is 12.6 Å². The topological polar surface area (TPSA) is 104 Å². The smallest absolute Gasteiger partial charge is 0.233 e. The van der Waals surface area contributed by atoms with E-state index in [1.54, 1.807) is 4.90 Å². The standard InChI is InChI=1S/C9H17N3O3S2/c1-2-12(8(13)5-16-9(10)11)7-3-4-17(14,15)6-7/h7H,2-6H2,1H3,(H3,10,11). The number of rotatable bonds is 4. The summed E-state index contributed by atoms with van der Waals surface area (Å²) in [4.78, 5) is 13.4. The van der Waals surface area contributed by atoms with Crippen molar-refractivity contribution in [3.63, 3.8) is 0 Å². The number of nitrogens with zero attached hydrogens (tertiary/aromatic N) is 1. The first-order valence-electron chi connectivity index (χ1n) is 5.32. The minimum absolute atomic E-state index is 0.0529. The van der Waals surface area contributed by atoms with Crippen molar-refractivity contribution in [3.05, 3.63) is 0 Å². The van der Waals surface area contributed by atoms with Crippen LogP contribution in [0.25, 0.3) is 0 Å². The van der Waals surface area contributed by atoms with Gasteiger partial charge in [0.15, 0.2) is 15.0 Å². The fourth-order valence-corrected chi connectivity index (χ4v) is 4.06. The van der Waals surface area contributed by atoms with Crippen molar-refractivity contribution in [2.45, 2.75) is 19.4 Å². The summed E-state index contributed by atoms with van der Waals surface area (Å²) in [5.74, 6) is 0.146. The van der Waals surface area contributed by atoms with Gasteiger partial charge in [0.25, 0.3) is 0 Å². The van der Waals surface area contributed by atoms with E-state index in [0.29, 0.717) is 13.0 Å². The number of carbonyl (C=O) groups excluding carboxylic acids is 1. The first-order chi connectivity index (χ1) is 7.85. The lowest BCUT2D eigenvalue weighted by Crippen LogP contribution is -2.42. The molecule has 1 atom stereocenters. The fourth-order valence-electron chi connectivity index (χ4n) is 1.88. The summed E-state index contributed by atoms with van der Waals surface area (Å²) >= 11 is 0.962. The number of nitrogens with one attached hydrogen (secondary N) is 1. The molecular weight excluding hydrogens is 262 g/mol. The molecule has 1 aliphatic heterocycles. The van der Waals surface area contributed by atoms with Gasteiger partial charge in [-0.2, -0.15) is 0 Å². The molecule has 1 unspecified atom stereocenters. The van der Waals surface area contributed by atoms with Crippen LogP contribution in [-0.4, -0.2) is 54.2 Å². The van der Waals surface area contributed by atoms with E-state index in [9.17, 15) is 13.2 Å². The summed E-state index contributed by atoms with van der Waals surface area (Å²) in [5.41, 5.74) is 5.16. The lowest BCUT2D eigenvalue weighted by atomic mass is 10.2. The number of amidine groups is 1. The number of amides is 1. The van der Waals surface area contributed by atoms with Crippen molar-refractivity contribution in [3.8, 4) is 0 Å². The molecule has 0 aromatic heterocycles. The Bertz CT molecular complexity index is 408. The molecule has 0 aliphatic carbocycles. The van der Waals surface area contributed by atoms with Crippen LogP contribution in [0.1, 0.15) is 13.3 Å². The molecule has 1 aliphatic rings. The molecule has 98 valence electrons. The van der Waals surface area contributed by atoms with E-state index in [1.165, 1.54) is 0 Å². The molecule has 6 nitrogen and oxygen atoms in total. The van der Waals surface area contributed by atoms with E-state index in [2.05, 4.69) is 0 Å². The predicted octanol–water partition coefficient (Wildman–Crippen LogP) is -0.351. The molecule has 8 heteroatoms. The second-order valence-corrected chi connectivity index (χ2v) is 7.14. The summed E-state index contributed by atoms with van der Waals surface area (Å²) in [6.45, 7) is 2.30. The molecular formula is C9H17N3O3S2. The summed E-state index contributed by atoms with van der Waals surface area (Å²) in [6, 6.07) is -0.218. The number of nitrogens with two attached hydrogens (primary N) is 1. The molecule has 1 heterocycles. The van der Waals surface area contributed by atoms with Gasteiger partial charge >= 0.3 is 0 Å². The molecule has 3 N–H and O–H groups in total. The van der Waals surface area contributed by atoms with Crippen LogP contribution in [0.4, 0.5) is 0 Å². The van der Waals surface area contributed by atoms with Crippen LogP contribution in [0, 0.1) is 5.41 Å². The number of sulfone groups is 1. The molecule has 1 amide bonds. The summed E-state index contributed by atoms with van der Waals surface area (Å²) < 4.78 is 22.7. The highest BCUT2D eigenvalue weighted by molar-refractivity contribution is 8.14. The minimum atomic E-state index is -2.98. The minimum Gasteiger partial charge on any atom is -0.379 e. The molecule has 0 aromatic carbocycles. The molecule has 0 bridgehead atoms. The number of carbonyl (C=O) groups is 1. The van der Waals surface area contributed by atoms with E-state index in [0.717, 1.165) is 11.8 Å². The van der Waals surface area contributed by atoms with Crippen LogP contribution in [-0.2, 0) is 14.6 Å².